The lowest BCUT2D eigenvalue weighted by Crippen LogP contribution is -2.12. The quantitative estimate of drug-likeness (QED) is 0.834. The fourth-order valence-electron chi connectivity index (χ4n) is 1.42. The number of alkyl halides is 3. The average molecular weight is 246 g/mol. The Labute approximate surface area is 91.9 Å². The second-order valence-electron chi connectivity index (χ2n) is 3.16. The summed E-state index contributed by atoms with van der Waals surface area (Å²) in [5, 5.41) is 10.8. The molecule has 0 aliphatic heterocycles. The van der Waals surface area contributed by atoms with E-state index in [0.717, 1.165) is 12.1 Å². The number of halogens is 3. The van der Waals surface area contributed by atoms with Crippen LogP contribution in [0.1, 0.15) is 15.9 Å². The first-order chi connectivity index (χ1) is 7.39. The van der Waals surface area contributed by atoms with Crippen molar-refractivity contribution in [2.24, 2.45) is 0 Å². The molecule has 0 amide bonds. The van der Waals surface area contributed by atoms with Crippen LogP contribution in [0.5, 0.6) is 0 Å². The van der Waals surface area contributed by atoms with Gasteiger partial charge in [0, 0.05) is 4.70 Å². The molecule has 1 N–H and O–H groups in total. The van der Waals surface area contributed by atoms with Gasteiger partial charge in [-0.15, -0.1) is 11.3 Å². The molecular formula is C10H5F3O2S. The summed E-state index contributed by atoms with van der Waals surface area (Å²) < 4.78 is 38.3. The Bertz CT molecular complexity index is 557. The zero-order chi connectivity index (χ0) is 11.9. The molecule has 84 valence electrons. The van der Waals surface area contributed by atoms with Crippen LogP contribution in [-0.2, 0) is 6.18 Å². The third-order valence-corrected chi connectivity index (χ3v) is 3.01. The fraction of sp³-hybridized carbons (Fsp3) is 0.100. The largest absolute Gasteiger partial charge is 0.478 e. The highest BCUT2D eigenvalue weighted by molar-refractivity contribution is 7.17. The maximum Gasteiger partial charge on any atom is 0.417 e. The zero-order valence-corrected chi connectivity index (χ0v) is 8.52. The maximum absolute atomic E-state index is 12.6. The van der Waals surface area contributed by atoms with E-state index in [0.29, 0.717) is 10.1 Å². The molecule has 1 heterocycles. The van der Waals surface area contributed by atoms with Gasteiger partial charge in [-0.3, -0.25) is 0 Å². The van der Waals surface area contributed by atoms with Crippen LogP contribution in [0.2, 0.25) is 0 Å². The second kappa shape index (κ2) is 3.48. The van der Waals surface area contributed by atoms with Crippen LogP contribution in [0, 0.1) is 0 Å². The molecule has 0 saturated carbocycles. The molecule has 0 unspecified atom stereocenters. The van der Waals surface area contributed by atoms with Crippen LogP contribution in [0.4, 0.5) is 13.2 Å². The Morgan fingerprint density at radius 1 is 1.31 bits per heavy atom. The van der Waals surface area contributed by atoms with Gasteiger partial charge in [0.15, 0.2) is 0 Å². The van der Waals surface area contributed by atoms with E-state index in [1.54, 1.807) is 5.38 Å². The molecule has 1 aromatic carbocycles. The summed E-state index contributed by atoms with van der Waals surface area (Å²) in [6.07, 6.45) is -4.65. The minimum Gasteiger partial charge on any atom is -0.478 e. The molecule has 1 aromatic heterocycles. The fourth-order valence-corrected chi connectivity index (χ4v) is 2.23. The number of hydrogen-bond donors (Lipinski definition) is 1. The molecule has 0 aliphatic rings. The number of rotatable bonds is 1. The van der Waals surface area contributed by atoms with Gasteiger partial charge in [-0.25, -0.2) is 4.79 Å². The van der Waals surface area contributed by atoms with Crippen LogP contribution in [0.15, 0.2) is 23.6 Å². The normalized spacial score (nSPS) is 11.9. The smallest absolute Gasteiger partial charge is 0.417 e. The number of hydrogen-bond acceptors (Lipinski definition) is 2. The Morgan fingerprint density at radius 3 is 2.56 bits per heavy atom. The van der Waals surface area contributed by atoms with E-state index >= 15 is 0 Å². The first kappa shape index (κ1) is 10.9. The lowest BCUT2D eigenvalue weighted by Gasteiger charge is -2.10. The van der Waals surface area contributed by atoms with Crippen molar-refractivity contribution in [1.29, 1.82) is 0 Å². The van der Waals surface area contributed by atoms with Crippen molar-refractivity contribution in [2.75, 3.05) is 0 Å². The molecule has 16 heavy (non-hydrogen) atoms. The number of thiophene rings is 1. The highest BCUT2D eigenvalue weighted by Crippen LogP contribution is 2.35. The van der Waals surface area contributed by atoms with Crippen molar-refractivity contribution in [3.8, 4) is 0 Å². The number of aromatic carboxylic acids is 1. The van der Waals surface area contributed by atoms with Gasteiger partial charge < -0.3 is 5.11 Å². The predicted octanol–water partition coefficient (Wildman–Crippen LogP) is 3.62. The lowest BCUT2D eigenvalue weighted by molar-refractivity contribution is -0.138. The van der Waals surface area contributed by atoms with E-state index in [1.165, 1.54) is 17.4 Å². The first-order valence-corrected chi connectivity index (χ1v) is 5.09. The van der Waals surface area contributed by atoms with Crippen LogP contribution < -0.4 is 0 Å². The Morgan fingerprint density at radius 2 is 2.00 bits per heavy atom. The molecule has 0 aliphatic carbocycles. The molecule has 0 radical (unpaired) electrons. The molecular weight excluding hydrogens is 241 g/mol. The summed E-state index contributed by atoms with van der Waals surface area (Å²) in [5.74, 6) is -1.57. The van der Waals surface area contributed by atoms with Gasteiger partial charge in [-0.1, -0.05) is 0 Å². The Hall–Kier alpha value is -1.56. The SMILES string of the molecule is O=C(O)c1cc2sccc2cc1C(F)(F)F. The molecule has 0 spiro atoms. The topological polar surface area (TPSA) is 37.3 Å². The monoisotopic (exact) mass is 246 g/mol. The third kappa shape index (κ3) is 1.76. The minimum atomic E-state index is -4.65. The third-order valence-electron chi connectivity index (χ3n) is 2.13. The van der Waals surface area contributed by atoms with Crippen LogP contribution in [0.3, 0.4) is 0 Å². The Kier molecular flexibility index (Phi) is 2.38. The van der Waals surface area contributed by atoms with Gasteiger partial charge >= 0.3 is 12.1 Å². The number of benzene rings is 1. The van der Waals surface area contributed by atoms with Gasteiger partial charge in [0.2, 0.25) is 0 Å². The molecule has 0 saturated heterocycles. The van der Waals surface area contributed by atoms with Crippen molar-refractivity contribution in [1.82, 2.24) is 0 Å². The summed E-state index contributed by atoms with van der Waals surface area (Å²) in [4.78, 5) is 10.7. The lowest BCUT2D eigenvalue weighted by atomic mass is 10.1. The molecule has 2 aromatic rings. The molecule has 2 rings (SSSR count). The summed E-state index contributed by atoms with van der Waals surface area (Å²) in [5.41, 5.74) is -1.81. The van der Waals surface area contributed by atoms with Crippen molar-refractivity contribution < 1.29 is 23.1 Å². The van der Waals surface area contributed by atoms with Gasteiger partial charge in [-0.05, 0) is 29.0 Å². The van der Waals surface area contributed by atoms with Crippen molar-refractivity contribution in [3.63, 3.8) is 0 Å². The van der Waals surface area contributed by atoms with E-state index in [1.807, 2.05) is 0 Å². The standard InChI is InChI=1S/C10H5F3O2S/c11-10(12,13)7-3-5-1-2-16-8(5)4-6(7)9(14)15/h1-4H,(H,14,15). The molecule has 0 fully saturated rings. The molecule has 2 nitrogen and oxygen atoms in total. The van der Waals surface area contributed by atoms with Gasteiger partial charge in [0.25, 0.3) is 0 Å². The summed E-state index contributed by atoms with van der Waals surface area (Å²) in [7, 11) is 0. The average Bonchev–Trinajstić information content (AvgIpc) is 2.60. The summed E-state index contributed by atoms with van der Waals surface area (Å²) in [6, 6.07) is 3.46. The van der Waals surface area contributed by atoms with E-state index in [2.05, 4.69) is 0 Å². The number of carbonyl (C=O) groups is 1. The van der Waals surface area contributed by atoms with Crippen molar-refractivity contribution >= 4 is 27.4 Å². The molecule has 6 heteroatoms. The number of carboxylic acids is 1. The number of fused-ring (bicyclic) bond motifs is 1. The van der Waals surface area contributed by atoms with Crippen molar-refractivity contribution in [3.05, 3.63) is 34.7 Å². The van der Waals surface area contributed by atoms with E-state index in [4.69, 9.17) is 5.11 Å². The van der Waals surface area contributed by atoms with E-state index in [-0.39, 0.29) is 0 Å². The molecule has 0 atom stereocenters. The molecule has 0 bridgehead atoms. The number of carboxylic acid groups (broad SMARTS) is 1. The highest BCUT2D eigenvalue weighted by atomic mass is 32.1. The minimum absolute atomic E-state index is 0.405. The van der Waals surface area contributed by atoms with Gasteiger partial charge in [-0.2, -0.15) is 13.2 Å². The van der Waals surface area contributed by atoms with Crippen LogP contribution >= 0.6 is 11.3 Å². The van der Waals surface area contributed by atoms with E-state index in [9.17, 15) is 18.0 Å². The Balaban J connectivity index is 2.77. The summed E-state index contributed by atoms with van der Waals surface area (Å²) >= 11 is 1.21. The van der Waals surface area contributed by atoms with E-state index < -0.39 is 23.3 Å². The van der Waals surface area contributed by atoms with Crippen LogP contribution in [0.25, 0.3) is 10.1 Å². The highest BCUT2D eigenvalue weighted by Gasteiger charge is 2.35. The van der Waals surface area contributed by atoms with Gasteiger partial charge in [0.05, 0.1) is 11.1 Å². The first-order valence-electron chi connectivity index (χ1n) is 4.21. The van der Waals surface area contributed by atoms with Crippen molar-refractivity contribution in [2.45, 2.75) is 6.18 Å². The maximum atomic E-state index is 12.6. The van der Waals surface area contributed by atoms with Gasteiger partial charge in [0.1, 0.15) is 0 Å². The second-order valence-corrected chi connectivity index (χ2v) is 4.11. The van der Waals surface area contributed by atoms with Crippen LogP contribution in [-0.4, -0.2) is 11.1 Å². The zero-order valence-electron chi connectivity index (χ0n) is 7.71. The predicted molar refractivity (Wildman–Crippen MR) is 53.8 cm³/mol. The summed E-state index contributed by atoms with van der Waals surface area (Å²) in [6.45, 7) is 0.